The first-order valence-electron chi connectivity index (χ1n) is 6.59. The van der Waals surface area contributed by atoms with Gasteiger partial charge in [0.25, 0.3) is 0 Å². The maximum Gasteiger partial charge on any atom is 0.229 e. The molecule has 0 atom stereocenters. The summed E-state index contributed by atoms with van der Waals surface area (Å²) >= 11 is 0. The number of anilines is 1. The van der Waals surface area contributed by atoms with Crippen LogP contribution in [0.5, 0.6) is 17.5 Å². The van der Waals surface area contributed by atoms with Crippen molar-refractivity contribution in [3.8, 4) is 17.5 Å². The molecule has 1 aromatic heterocycles. The highest BCUT2D eigenvalue weighted by atomic mass is 16.5. The monoisotopic (exact) mass is 289 g/mol. The zero-order valence-corrected chi connectivity index (χ0v) is 12.4. The number of hydrogen-bond acceptors (Lipinski definition) is 6. The number of hydrogen-bond donors (Lipinski definition) is 1. The molecule has 2 rings (SSSR count). The molecule has 0 bridgehead atoms. The Morgan fingerprint density at radius 3 is 2.24 bits per heavy atom. The van der Waals surface area contributed by atoms with Crippen LogP contribution in [0.15, 0.2) is 30.3 Å². The van der Waals surface area contributed by atoms with Crippen molar-refractivity contribution in [2.24, 2.45) is 0 Å². The number of nitrogens with one attached hydrogen (secondary N) is 1. The Morgan fingerprint density at radius 1 is 0.952 bits per heavy atom. The van der Waals surface area contributed by atoms with E-state index in [-0.39, 0.29) is 0 Å². The van der Waals surface area contributed by atoms with E-state index in [2.05, 4.69) is 15.3 Å². The summed E-state index contributed by atoms with van der Waals surface area (Å²) in [5.41, 5.74) is 1.13. The minimum absolute atomic E-state index is 0.460. The van der Waals surface area contributed by atoms with E-state index in [1.807, 2.05) is 24.3 Å². The van der Waals surface area contributed by atoms with Crippen LogP contribution in [0.3, 0.4) is 0 Å². The van der Waals surface area contributed by atoms with Crippen molar-refractivity contribution in [1.82, 2.24) is 9.97 Å². The summed E-state index contributed by atoms with van der Waals surface area (Å²) in [5.74, 6) is 2.27. The fraction of sp³-hybridized carbons (Fsp3) is 0.333. The summed E-state index contributed by atoms with van der Waals surface area (Å²) in [7, 11) is 4.78. The Labute approximate surface area is 124 Å². The van der Waals surface area contributed by atoms with Gasteiger partial charge in [-0.3, -0.25) is 0 Å². The molecule has 112 valence electrons. The predicted octanol–water partition coefficient (Wildman–Crippen LogP) is 2.16. The van der Waals surface area contributed by atoms with Gasteiger partial charge in [0.15, 0.2) is 0 Å². The van der Waals surface area contributed by atoms with Gasteiger partial charge in [-0.05, 0) is 18.1 Å². The molecule has 1 heterocycles. The largest absolute Gasteiger partial charge is 0.496 e. The highest BCUT2D eigenvalue weighted by Crippen LogP contribution is 2.19. The Hall–Kier alpha value is -2.50. The lowest BCUT2D eigenvalue weighted by Gasteiger charge is -2.10. The lowest BCUT2D eigenvalue weighted by atomic mass is 10.1. The van der Waals surface area contributed by atoms with E-state index in [4.69, 9.17) is 14.2 Å². The Kier molecular flexibility index (Phi) is 5.20. The van der Waals surface area contributed by atoms with Crippen LogP contribution in [0.25, 0.3) is 0 Å². The SMILES string of the molecule is COc1cc(OC)nc(NCCc2ccccc2OC)n1. The number of nitrogens with zero attached hydrogens (tertiary/aromatic N) is 2. The number of rotatable bonds is 7. The van der Waals surface area contributed by atoms with Gasteiger partial charge in [0.05, 0.1) is 27.4 Å². The van der Waals surface area contributed by atoms with E-state index in [1.165, 1.54) is 0 Å². The second kappa shape index (κ2) is 7.33. The molecule has 1 N–H and O–H groups in total. The summed E-state index contributed by atoms with van der Waals surface area (Å²) in [6, 6.07) is 9.55. The van der Waals surface area contributed by atoms with Crippen molar-refractivity contribution >= 4 is 5.95 Å². The van der Waals surface area contributed by atoms with Crippen molar-refractivity contribution < 1.29 is 14.2 Å². The van der Waals surface area contributed by atoms with Gasteiger partial charge in [-0.15, -0.1) is 0 Å². The van der Waals surface area contributed by atoms with Gasteiger partial charge < -0.3 is 19.5 Å². The average Bonchev–Trinajstić information content (AvgIpc) is 2.54. The van der Waals surface area contributed by atoms with Crippen molar-refractivity contribution in [2.75, 3.05) is 33.2 Å². The van der Waals surface area contributed by atoms with Crippen LogP contribution in [0.4, 0.5) is 5.95 Å². The van der Waals surface area contributed by atoms with Crippen LogP contribution in [-0.4, -0.2) is 37.8 Å². The topological polar surface area (TPSA) is 65.5 Å². The molecule has 0 saturated carbocycles. The summed E-state index contributed by atoms with van der Waals surface area (Å²) in [4.78, 5) is 8.44. The van der Waals surface area contributed by atoms with Gasteiger partial charge in [-0.25, -0.2) is 0 Å². The van der Waals surface area contributed by atoms with E-state index in [9.17, 15) is 0 Å². The summed E-state index contributed by atoms with van der Waals surface area (Å²) < 4.78 is 15.5. The van der Waals surface area contributed by atoms with Gasteiger partial charge in [0, 0.05) is 6.54 Å². The number of methoxy groups -OCH3 is 3. The molecule has 21 heavy (non-hydrogen) atoms. The van der Waals surface area contributed by atoms with Crippen LogP contribution in [0, 0.1) is 0 Å². The third-order valence-corrected chi connectivity index (χ3v) is 2.97. The second-order valence-corrected chi connectivity index (χ2v) is 4.26. The van der Waals surface area contributed by atoms with E-state index < -0.39 is 0 Å². The van der Waals surface area contributed by atoms with Crippen LogP contribution >= 0.6 is 0 Å². The molecule has 0 fully saturated rings. The molecular formula is C15H19N3O3. The van der Waals surface area contributed by atoms with Gasteiger partial charge >= 0.3 is 0 Å². The molecule has 0 radical (unpaired) electrons. The molecule has 0 spiro atoms. The van der Waals surface area contributed by atoms with Crippen molar-refractivity contribution in [3.63, 3.8) is 0 Å². The van der Waals surface area contributed by atoms with Gasteiger partial charge in [-0.2, -0.15) is 9.97 Å². The zero-order valence-electron chi connectivity index (χ0n) is 12.4. The molecule has 0 amide bonds. The van der Waals surface area contributed by atoms with E-state index in [0.29, 0.717) is 24.3 Å². The fourth-order valence-corrected chi connectivity index (χ4v) is 1.91. The third kappa shape index (κ3) is 3.98. The van der Waals surface area contributed by atoms with Crippen LogP contribution < -0.4 is 19.5 Å². The number of benzene rings is 1. The number of ether oxygens (including phenoxy) is 3. The van der Waals surface area contributed by atoms with Crippen molar-refractivity contribution in [1.29, 1.82) is 0 Å². The fourth-order valence-electron chi connectivity index (χ4n) is 1.91. The smallest absolute Gasteiger partial charge is 0.229 e. The highest BCUT2D eigenvalue weighted by molar-refractivity contribution is 5.36. The molecule has 0 unspecified atom stereocenters. The normalized spacial score (nSPS) is 10.0. The van der Waals surface area contributed by atoms with Crippen LogP contribution in [-0.2, 0) is 6.42 Å². The van der Waals surface area contributed by atoms with Crippen molar-refractivity contribution in [3.05, 3.63) is 35.9 Å². The molecule has 2 aromatic rings. The summed E-state index contributed by atoms with van der Waals surface area (Å²) in [6.45, 7) is 0.677. The predicted molar refractivity (Wildman–Crippen MR) is 80.3 cm³/mol. The molecule has 0 aliphatic rings. The van der Waals surface area contributed by atoms with E-state index in [0.717, 1.165) is 17.7 Å². The van der Waals surface area contributed by atoms with Crippen LogP contribution in [0.2, 0.25) is 0 Å². The number of aromatic nitrogens is 2. The minimum atomic E-state index is 0.460. The van der Waals surface area contributed by atoms with Gasteiger partial charge in [-0.1, -0.05) is 18.2 Å². The molecule has 0 aliphatic carbocycles. The van der Waals surface area contributed by atoms with E-state index >= 15 is 0 Å². The average molecular weight is 289 g/mol. The minimum Gasteiger partial charge on any atom is -0.496 e. The Bertz CT molecular complexity index is 568. The Balaban J connectivity index is 2.00. The molecule has 0 saturated heterocycles. The lowest BCUT2D eigenvalue weighted by Crippen LogP contribution is -2.09. The molecule has 1 aromatic carbocycles. The highest BCUT2D eigenvalue weighted by Gasteiger charge is 2.06. The standard InChI is InChI=1S/C15H19N3O3/c1-19-12-7-5-4-6-11(12)8-9-16-15-17-13(20-2)10-14(18-15)21-3/h4-7,10H,8-9H2,1-3H3,(H,16,17,18). The second-order valence-electron chi connectivity index (χ2n) is 4.26. The van der Waals surface area contributed by atoms with Gasteiger partial charge in [0.1, 0.15) is 5.75 Å². The summed E-state index contributed by atoms with van der Waals surface area (Å²) in [5, 5.41) is 3.16. The first-order chi connectivity index (χ1) is 10.3. The third-order valence-electron chi connectivity index (χ3n) is 2.97. The molecule has 6 heteroatoms. The first kappa shape index (κ1) is 14.9. The molecular weight excluding hydrogens is 270 g/mol. The maximum absolute atomic E-state index is 5.32. The summed E-state index contributed by atoms with van der Waals surface area (Å²) in [6.07, 6.45) is 0.799. The quantitative estimate of drug-likeness (QED) is 0.842. The van der Waals surface area contributed by atoms with Crippen LogP contribution in [0.1, 0.15) is 5.56 Å². The molecule has 0 aliphatic heterocycles. The first-order valence-corrected chi connectivity index (χ1v) is 6.59. The van der Waals surface area contributed by atoms with Gasteiger partial charge in [0.2, 0.25) is 17.7 Å². The Morgan fingerprint density at radius 2 is 1.62 bits per heavy atom. The van der Waals surface area contributed by atoms with E-state index in [1.54, 1.807) is 27.4 Å². The number of para-hydroxylation sites is 1. The zero-order chi connectivity index (χ0) is 15.1. The maximum atomic E-state index is 5.32. The lowest BCUT2D eigenvalue weighted by molar-refractivity contribution is 0.373. The van der Waals surface area contributed by atoms with Crippen molar-refractivity contribution in [2.45, 2.75) is 6.42 Å². The molecule has 6 nitrogen and oxygen atoms in total.